The quantitative estimate of drug-likeness (QED) is 0.0476. The molecule has 3 atom stereocenters. The maximum absolute atomic E-state index is 13.8. The Kier molecular flexibility index (Phi) is 19.7. The maximum atomic E-state index is 13.8. The number of nitrogens with zero attached hydrogens (tertiary/aromatic N) is 2. The number of hydrogen-bond acceptors (Lipinski definition) is 15. The first-order valence-corrected chi connectivity index (χ1v) is 32.7. The highest BCUT2D eigenvalue weighted by atomic mass is 35.5. The van der Waals surface area contributed by atoms with Crippen LogP contribution in [0.3, 0.4) is 0 Å². The van der Waals surface area contributed by atoms with E-state index in [4.69, 9.17) is 64.7 Å². The van der Waals surface area contributed by atoms with E-state index in [1.165, 1.54) is 43.3 Å². The number of benzene rings is 6. The molecule has 18 nitrogen and oxygen atoms in total. The molecule has 8 aromatic rings. The van der Waals surface area contributed by atoms with E-state index >= 15 is 0 Å². The number of carboxylic acid groups (broad SMARTS) is 1. The fourth-order valence-electron chi connectivity index (χ4n) is 10.7. The van der Waals surface area contributed by atoms with Gasteiger partial charge in [-0.3, -0.25) is 33.6 Å². The summed E-state index contributed by atoms with van der Waals surface area (Å²) in [4.78, 5) is 93.8. The third-order valence-corrected chi connectivity index (χ3v) is 18.8. The zero-order valence-corrected chi connectivity index (χ0v) is 52.3. The summed E-state index contributed by atoms with van der Waals surface area (Å²) in [5.74, 6) is -6.34. The van der Waals surface area contributed by atoms with Crippen LogP contribution in [0.5, 0.6) is 0 Å². The predicted octanol–water partition coefficient (Wildman–Crippen LogP) is 12.1. The Morgan fingerprint density at radius 3 is 1.43 bits per heavy atom. The number of amides is 2. The van der Waals surface area contributed by atoms with Crippen LogP contribution in [-0.4, -0.2) is 105 Å². The predicted molar refractivity (Wildman–Crippen MR) is 329 cm³/mol. The highest BCUT2D eigenvalue weighted by Gasteiger charge is 2.34. The molecule has 2 aromatic heterocycles. The SMILES string of the molecule is CC(=O)OC(C)OC(=O)[C@@H](CC(=O)c1c(Cl)cc2c(c1Cl)CCN(C(=O)c1ccc3ccoc3c1)C2)Cc1cccc(S(C)(=O)=O)c1.CS(=O)(=O)c1cccc(C[C@H](CC(=O)c2c(Cl)cc3c(c2Cl)CCN(C(=O)c2ccc4ccoc4c2)C3)C(=O)O)c1. The van der Waals surface area contributed by atoms with Crippen molar-refractivity contribution >= 4 is 129 Å². The van der Waals surface area contributed by atoms with Gasteiger partial charge in [0.1, 0.15) is 11.2 Å². The van der Waals surface area contributed by atoms with Crippen LogP contribution in [-0.2, 0) is 82.3 Å². The van der Waals surface area contributed by atoms with Crippen molar-refractivity contribution in [2.45, 2.75) is 81.5 Å². The second kappa shape index (κ2) is 26.9. The van der Waals surface area contributed by atoms with E-state index in [0.29, 0.717) is 81.6 Å². The number of halogens is 4. The first-order chi connectivity index (χ1) is 41.6. The van der Waals surface area contributed by atoms with Gasteiger partial charge in [0.2, 0.25) is 6.29 Å². The van der Waals surface area contributed by atoms with Crippen LogP contribution in [0.4, 0.5) is 0 Å². The molecule has 1 unspecified atom stereocenters. The van der Waals surface area contributed by atoms with Crippen molar-refractivity contribution in [1.29, 1.82) is 0 Å². The van der Waals surface area contributed by atoms with Gasteiger partial charge in [0.15, 0.2) is 31.2 Å². The number of hydrogen-bond donors (Lipinski definition) is 1. The molecule has 0 bridgehead atoms. The van der Waals surface area contributed by atoms with Crippen LogP contribution in [0.25, 0.3) is 21.9 Å². The van der Waals surface area contributed by atoms with Gasteiger partial charge in [-0.15, -0.1) is 0 Å². The van der Waals surface area contributed by atoms with E-state index < -0.39 is 67.3 Å². The Bertz CT molecular complexity index is 4370. The van der Waals surface area contributed by atoms with Gasteiger partial charge in [-0.1, -0.05) is 82.8 Å². The van der Waals surface area contributed by atoms with Crippen LogP contribution >= 0.6 is 46.4 Å². The van der Waals surface area contributed by atoms with E-state index in [-0.39, 0.29) is 91.6 Å². The van der Waals surface area contributed by atoms with Gasteiger partial charge in [-0.2, -0.15) is 0 Å². The summed E-state index contributed by atoms with van der Waals surface area (Å²) in [7, 11) is -7.01. The monoisotopic (exact) mass is 1310 g/mol. The fourth-order valence-corrected chi connectivity index (χ4v) is 13.7. The molecule has 2 aliphatic heterocycles. The van der Waals surface area contributed by atoms with E-state index in [1.807, 2.05) is 24.3 Å². The van der Waals surface area contributed by atoms with Crippen molar-refractivity contribution in [3.05, 3.63) is 197 Å². The van der Waals surface area contributed by atoms with Crippen LogP contribution in [0.2, 0.25) is 20.1 Å². The van der Waals surface area contributed by atoms with Gasteiger partial charge < -0.3 is 33.2 Å². The highest BCUT2D eigenvalue weighted by Crippen LogP contribution is 2.39. The Morgan fingerprint density at radius 2 is 1.01 bits per heavy atom. The van der Waals surface area contributed by atoms with Gasteiger partial charge in [0.05, 0.1) is 65.4 Å². The number of aliphatic carboxylic acids is 1. The Labute approximate surface area is 526 Å². The number of carboxylic acids is 1. The number of ketones is 2. The van der Waals surface area contributed by atoms with E-state index in [0.717, 1.165) is 30.2 Å². The summed E-state index contributed by atoms with van der Waals surface area (Å²) in [6, 6.07) is 29.4. The summed E-state index contributed by atoms with van der Waals surface area (Å²) in [5.41, 5.74) is 5.99. The van der Waals surface area contributed by atoms with E-state index in [9.17, 15) is 55.5 Å². The molecule has 0 radical (unpaired) electrons. The van der Waals surface area contributed by atoms with Gasteiger partial charge in [0.25, 0.3) is 11.8 Å². The lowest BCUT2D eigenvalue weighted by atomic mass is 9.89. The molecule has 1 N–H and O–H groups in total. The first-order valence-electron chi connectivity index (χ1n) is 27.4. The lowest BCUT2D eigenvalue weighted by Gasteiger charge is -2.30. The van der Waals surface area contributed by atoms with Crippen LogP contribution in [0, 0.1) is 11.8 Å². The minimum Gasteiger partial charge on any atom is -0.481 e. The second-order valence-corrected chi connectivity index (χ2v) is 27.1. The van der Waals surface area contributed by atoms with Gasteiger partial charge in [0, 0.05) is 87.3 Å². The third kappa shape index (κ3) is 15.0. The van der Waals surface area contributed by atoms with Crippen LogP contribution in [0.15, 0.2) is 140 Å². The Morgan fingerprint density at radius 1 is 0.580 bits per heavy atom. The normalized spacial score (nSPS) is 14.2. The number of rotatable bonds is 18. The molecular weight excluding hydrogens is 1260 g/mol. The summed E-state index contributed by atoms with van der Waals surface area (Å²) >= 11 is 26.6. The zero-order chi connectivity index (χ0) is 63.5. The summed E-state index contributed by atoms with van der Waals surface area (Å²) in [6.07, 6.45) is 3.93. The van der Waals surface area contributed by atoms with Gasteiger partial charge in [-0.25, -0.2) is 16.8 Å². The van der Waals surface area contributed by atoms with Crippen LogP contribution in [0.1, 0.15) is 102 Å². The fraction of sp³-hybridized carbons (Fsp3) is 0.266. The van der Waals surface area contributed by atoms with Gasteiger partial charge >= 0.3 is 17.9 Å². The Hall–Kier alpha value is -7.85. The Balaban J connectivity index is 0.000000211. The zero-order valence-electron chi connectivity index (χ0n) is 47.6. The average Bonchev–Trinajstić information content (AvgIpc) is 1.33. The van der Waals surface area contributed by atoms with Crippen molar-refractivity contribution in [3.8, 4) is 0 Å². The largest absolute Gasteiger partial charge is 0.481 e. The second-order valence-electron chi connectivity index (χ2n) is 21.5. The number of fused-ring (bicyclic) bond motifs is 4. The molecule has 10 rings (SSSR count). The topological polar surface area (TPSA) is 259 Å². The lowest BCUT2D eigenvalue weighted by molar-refractivity contribution is -0.186. The van der Waals surface area contributed by atoms with Crippen molar-refractivity contribution in [3.63, 3.8) is 0 Å². The number of carbonyl (C=O) groups is 7. The van der Waals surface area contributed by atoms with Gasteiger partial charge in [-0.05, 0) is 132 Å². The summed E-state index contributed by atoms with van der Waals surface area (Å²) in [6.45, 7) is 3.70. The number of carbonyl (C=O) groups excluding carboxylic acids is 6. The molecule has 0 spiro atoms. The molecule has 4 heterocycles. The lowest BCUT2D eigenvalue weighted by Crippen LogP contribution is -2.36. The maximum Gasteiger partial charge on any atom is 0.312 e. The molecular formula is C64H56Cl4N2O16S2. The van der Waals surface area contributed by atoms with E-state index in [1.54, 1.807) is 70.9 Å². The number of sulfone groups is 2. The van der Waals surface area contributed by atoms with Crippen molar-refractivity contribution in [2.75, 3.05) is 25.6 Å². The molecule has 0 saturated carbocycles. The molecule has 458 valence electrons. The summed E-state index contributed by atoms with van der Waals surface area (Å²) < 4.78 is 69.1. The van der Waals surface area contributed by atoms with Crippen molar-refractivity contribution in [2.24, 2.45) is 11.8 Å². The smallest absolute Gasteiger partial charge is 0.312 e. The molecule has 0 fully saturated rings. The molecule has 24 heteroatoms. The molecule has 6 aromatic carbocycles. The van der Waals surface area contributed by atoms with E-state index in [2.05, 4.69) is 0 Å². The molecule has 88 heavy (non-hydrogen) atoms. The molecule has 2 amide bonds. The number of Topliss-reactive ketones (excluding diaryl/α,β-unsaturated/α-hetero) is 2. The van der Waals surface area contributed by atoms with Crippen LogP contribution < -0.4 is 0 Å². The number of furan rings is 2. The minimum atomic E-state index is -3.54. The standard InChI is InChI=1S/C34H31Cl2NO9S.C30H25Cl2NO7S/c1-19(38)45-20(2)46-34(41)24(13-21-5-4-6-26(14-21)47(3,42)43)16-29(39)31-28(35)15-25-18-37(11-9-27(25)32(31)36)33(40)23-8-7-22-10-12-44-30(22)17-23;1-41(38,39)22-4-2-3-17(12-22)11-20(30(36)37)14-25(34)27-24(31)13-21-16-33(9-7-23(21)28(27)32)29(35)19-6-5-18-8-10-40-26(18)15-19/h4-8,10,12,14-15,17,20,24H,9,11,13,16,18H2,1-3H3;2-6,8,10,12-13,15,20H,7,9,11,14,16H2,1H3,(H,36,37)/t20?,24-;20-/m11/s1. The average molecular weight is 1320 g/mol. The minimum absolute atomic E-state index is 0.0332. The number of esters is 2. The third-order valence-electron chi connectivity index (χ3n) is 15.1. The van der Waals surface area contributed by atoms with Crippen molar-refractivity contribution in [1.82, 2.24) is 9.80 Å². The summed E-state index contributed by atoms with van der Waals surface area (Å²) in [5, 5.41) is 12.0. The van der Waals surface area contributed by atoms with Crippen molar-refractivity contribution < 1.29 is 73.8 Å². The molecule has 0 saturated heterocycles. The highest BCUT2D eigenvalue weighted by molar-refractivity contribution is 7.91. The molecule has 2 aliphatic rings. The molecule has 0 aliphatic carbocycles. The first kappa shape index (κ1) is 64.6. The number of ether oxygens (including phenoxy) is 2.